The van der Waals surface area contributed by atoms with E-state index in [9.17, 15) is 14.9 Å². The maximum Gasteiger partial charge on any atom is 0.296 e. The van der Waals surface area contributed by atoms with Crippen LogP contribution >= 0.6 is 11.6 Å². The Morgan fingerprint density at radius 1 is 1.35 bits per heavy atom. The number of amides is 1. The molecule has 3 heterocycles. The molecule has 0 bridgehead atoms. The summed E-state index contributed by atoms with van der Waals surface area (Å²) in [6.07, 6.45) is 2.22. The fraction of sp³-hybridized carbons (Fsp3) is 0.222. The molecule has 0 saturated heterocycles. The predicted octanol–water partition coefficient (Wildman–Crippen LogP) is 3.66. The molecule has 8 heteroatoms. The van der Waals surface area contributed by atoms with Crippen LogP contribution < -0.4 is 0 Å². The minimum Gasteiger partial charge on any atom is -0.330 e. The average Bonchev–Trinajstić information content (AvgIpc) is 3.04. The Balaban J connectivity index is 1.73. The molecule has 0 N–H and O–H groups in total. The normalized spacial score (nSPS) is 16.5. The van der Waals surface area contributed by atoms with Gasteiger partial charge in [-0.15, -0.1) is 0 Å². The Labute approximate surface area is 153 Å². The first-order valence-electron chi connectivity index (χ1n) is 8.18. The number of nitro groups is 1. The van der Waals surface area contributed by atoms with Gasteiger partial charge in [0, 0.05) is 24.9 Å². The third-order valence-electron chi connectivity index (χ3n) is 4.79. The standard InChI is InChI=1S/C18H15ClN4O3/c1-11-14-5-3-2-4-12(14)6-7-21(11)18(24)15-9-16-17(23(25)26)8-13(19)10-22(16)20-15/h2-5,8-11H,6-7H2,1H3. The summed E-state index contributed by atoms with van der Waals surface area (Å²) in [6, 6.07) is 10.7. The van der Waals surface area contributed by atoms with Crippen molar-refractivity contribution < 1.29 is 9.72 Å². The second-order valence-corrected chi connectivity index (χ2v) is 6.72. The Bertz CT molecular complexity index is 1050. The Morgan fingerprint density at radius 2 is 2.12 bits per heavy atom. The zero-order valence-electron chi connectivity index (χ0n) is 13.9. The van der Waals surface area contributed by atoms with Crippen molar-refractivity contribution in [2.45, 2.75) is 19.4 Å². The number of pyridine rings is 1. The molecule has 0 fully saturated rings. The van der Waals surface area contributed by atoms with E-state index < -0.39 is 4.92 Å². The number of carbonyl (C=O) groups excluding carboxylic acids is 1. The summed E-state index contributed by atoms with van der Waals surface area (Å²) in [4.78, 5) is 25.5. The van der Waals surface area contributed by atoms with E-state index in [4.69, 9.17) is 11.6 Å². The average molecular weight is 371 g/mol. The minimum atomic E-state index is -0.531. The maximum atomic E-state index is 13.0. The van der Waals surface area contributed by atoms with Crippen molar-refractivity contribution in [1.82, 2.24) is 14.5 Å². The molecular weight excluding hydrogens is 356 g/mol. The SMILES string of the molecule is CC1c2ccccc2CCN1C(=O)c1cc2c([N+](=O)[O-])cc(Cl)cn2n1. The van der Waals surface area contributed by atoms with Crippen molar-refractivity contribution in [2.24, 2.45) is 0 Å². The summed E-state index contributed by atoms with van der Waals surface area (Å²) in [5, 5.41) is 15.7. The topological polar surface area (TPSA) is 80.8 Å². The van der Waals surface area contributed by atoms with Crippen molar-refractivity contribution in [3.8, 4) is 0 Å². The molecule has 4 rings (SSSR count). The van der Waals surface area contributed by atoms with Gasteiger partial charge in [-0.1, -0.05) is 35.9 Å². The molecular formula is C18H15ClN4O3. The lowest BCUT2D eigenvalue weighted by atomic mass is 9.93. The number of hydrogen-bond donors (Lipinski definition) is 0. The number of rotatable bonds is 2. The van der Waals surface area contributed by atoms with Crippen LogP contribution in [0.25, 0.3) is 5.52 Å². The van der Waals surface area contributed by atoms with Crippen LogP contribution in [0.3, 0.4) is 0 Å². The molecule has 26 heavy (non-hydrogen) atoms. The highest BCUT2D eigenvalue weighted by atomic mass is 35.5. The number of aromatic nitrogens is 2. The van der Waals surface area contributed by atoms with Gasteiger partial charge in [0.1, 0.15) is 5.52 Å². The van der Waals surface area contributed by atoms with Crippen molar-refractivity contribution >= 4 is 28.7 Å². The molecule has 1 amide bonds. The summed E-state index contributed by atoms with van der Waals surface area (Å²) in [6.45, 7) is 2.55. The number of hydrogen-bond acceptors (Lipinski definition) is 4. The quantitative estimate of drug-likeness (QED) is 0.509. The van der Waals surface area contributed by atoms with Crippen LogP contribution in [0.5, 0.6) is 0 Å². The number of benzene rings is 1. The zero-order valence-corrected chi connectivity index (χ0v) is 14.7. The first-order chi connectivity index (χ1) is 12.5. The number of nitrogens with zero attached hydrogens (tertiary/aromatic N) is 4. The molecule has 7 nitrogen and oxygen atoms in total. The first-order valence-corrected chi connectivity index (χ1v) is 8.55. The summed E-state index contributed by atoms with van der Waals surface area (Å²) in [7, 11) is 0. The molecule has 0 radical (unpaired) electrons. The highest BCUT2D eigenvalue weighted by Gasteiger charge is 2.30. The van der Waals surface area contributed by atoms with Gasteiger partial charge in [-0.2, -0.15) is 5.10 Å². The van der Waals surface area contributed by atoms with Crippen LogP contribution in [0, 0.1) is 10.1 Å². The molecule has 1 aromatic carbocycles. The van der Waals surface area contributed by atoms with Gasteiger partial charge >= 0.3 is 0 Å². The predicted molar refractivity (Wildman–Crippen MR) is 96.5 cm³/mol. The first kappa shape index (κ1) is 16.5. The van der Waals surface area contributed by atoms with Crippen LogP contribution in [0.4, 0.5) is 5.69 Å². The van der Waals surface area contributed by atoms with Crippen molar-refractivity contribution in [1.29, 1.82) is 0 Å². The molecule has 1 aliphatic rings. The fourth-order valence-corrected chi connectivity index (χ4v) is 3.69. The summed E-state index contributed by atoms with van der Waals surface area (Å²) in [5.74, 6) is -0.249. The van der Waals surface area contributed by atoms with Crippen LogP contribution in [0.2, 0.25) is 5.02 Å². The molecule has 2 aromatic heterocycles. The minimum absolute atomic E-state index is 0.0872. The highest BCUT2D eigenvalue weighted by Crippen LogP contribution is 2.31. The van der Waals surface area contributed by atoms with Gasteiger partial charge in [0.2, 0.25) is 0 Å². The second kappa shape index (κ2) is 6.10. The fourth-order valence-electron chi connectivity index (χ4n) is 3.49. The van der Waals surface area contributed by atoms with Gasteiger partial charge in [0.05, 0.1) is 16.0 Å². The van der Waals surface area contributed by atoms with Crippen LogP contribution in [-0.4, -0.2) is 31.9 Å². The van der Waals surface area contributed by atoms with Gasteiger partial charge in [0.15, 0.2) is 5.69 Å². The van der Waals surface area contributed by atoms with E-state index in [2.05, 4.69) is 11.2 Å². The molecule has 0 aliphatic carbocycles. The summed E-state index contributed by atoms with van der Waals surface area (Å²) >= 11 is 5.92. The van der Waals surface area contributed by atoms with Crippen LogP contribution in [0.15, 0.2) is 42.6 Å². The molecule has 1 atom stereocenters. The van der Waals surface area contributed by atoms with Gasteiger partial charge in [-0.25, -0.2) is 4.52 Å². The molecule has 132 valence electrons. The lowest BCUT2D eigenvalue weighted by Gasteiger charge is -2.34. The van der Waals surface area contributed by atoms with E-state index in [1.54, 1.807) is 4.90 Å². The summed E-state index contributed by atoms with van der Waals surface area (Å²) < 4.78 is 1.29. The largest absolute Gasteiger partial charge is 0.330 e. The number of carbonyl (C=O) groups is 1. The second-order valence-electron chi connectivity index (χ2n) is 6.28. The van der Waals surface area contributed by atoms with Crippen molar-refractivity contribution in [3.63, 3.8) is 0 Å². The maximum absolute atomic E-state index is 13.0. The van der Waals surface area contributed by atoms with E-state index >= 15 is 0 Å². The monoisotopic (exact) mass is 370 g/mol. The Hall–Kier alpha value is -2.93. The third-order valence-corrected chi connectivity index (χ3v) is 5.00. The number of halogens is 1. The van der Waals surface area contributed by atoms with Gasteiger partial charge in [0.25, 0.3) is 11.6 Å². The highest BCUT2D eigenvalue weighted by molar-refractivity contribution is 6.30. The number of fused-ring (bicyclic) bond motifs is 2. The van der Waals surface area contributed by atoms with Crippen molar-refractivity contribution in [3.05, 3.63) is 74.6 Å². The van der Waals surface area contributed by atoms with Crippen molar-refractivity contribution in [2.75, 3.05) is 6.54 Å². The smallest absolute Gasteiger partial charge is 0.296 e. The van der Waals surface area contributed by atoms with Crippen LogP contribution in [0.1, 0.15) is 34.6 Å². The van der Waals surface area contributed by atoms with Gasteiger partial charge < -0.3 is 4.90 Å². The van der Waals surface area contributed by atoms with E-state index in [0.29, 0.717) is 6.54 Å². The molecule has 1 aliphatic heterocycles. The Morgan fingerprint density at radius 3 is 2.88 bits per heavy atom. The van der Waals surface area contributed by atoms with E-state index in [1.165, 1.54) is 28.4 Å². The molecule has 0 spiro atoms. The van der Waals surface area contributed by atoms with E-state index in [1.807, 2.05) is 25.1 Å². The summed E-state index contributed by atoms with van der Waals surface area (Å²) in [5.41, 5.74) is 2.59. The van der Waals surface area contributed by atoms with E-state index in [0.717, 1.165) is 12.0 Å². The van der Waals surface area contributed by atoms with Gasteiger partial charge in [-0.05, 0) is 24.5 Å². The van der Waals surface area contributed by atoms with Crippen LogP contribution in [-0.2, 0) is 6.42 Å². The zero-order chi connectivity index (χ0) is 18.4. The van der Waals surface area contributed by atoms with E-state index in [-0.39, 0.29) is 33.9 Å². The molecule has 3 aromatic rings. The Kier molecular flexibility index (Phi) is 3.88. The lowest BCUT2D eigenvalue weighted by molar-refractivity contribution is -0.383. The molecule has 1 unspecified atom stereocenters. The van der Waals surface area contributed by atoms with Gasteiger partial charge in [-0.3, -0.25) is 14.9 Å². The molecule has 0 saturated carbocycles. The lowest BCUT2D eigenvalue weighted by Crippen LogP contribution is -2.39. The third kappa shape index (κ3) is 2.61.